The Labute approximate surface area is 124 Å². The maximum absolute atomic E-state index is 11.9. The van der Waals surface area contributed by atoms with Gasteiger partial charge in [-0.25, -0.2) is 0 Å². The molecule has 6 nitrogen and oxygen atoms in total. The van der Waals surface area contributed by atoms with Gasteiger partial charge in [-0.3, -0.25) is 19.8 Å². The van der Waals surface area contributed by atoms with Crippen LogP contribution in [0.4, 0.5) is 5.69 Å². The minimum absolute atomic E-state index is 0.0459. The number of carbonyl (C=O) groups excluding carboxylic acids is 1. The molecule has 1 aliphatic heterocycles. The first-order chi connectivity index (χ1) is 10.1. The van der Waals surface area contributed by atoms with Crippen molar-refractivity contribution in [2.45, 2.75) is 26.3 Å². The summed E-state index contributed by atoms with van der Waals surface area (Å²) < 4.78 is 0. The molecule has 2 rings (SSSR count). The Hall–Kier alpha value is -1.95. The first-order valence-electron chi connectivity index (χ1n) is 7.27. The second kappa shape index (κ2) is 7.17. The summed E-state index contributed by atoms with van der Waals surface area (Å²) in [5.41, 5.74) is 0.577. The Morgan fingerprint density at radius 1 is 1.38 bits per heavy atom. The molecule has 114 valence electrons. The third-order valence-corrected chi connectivity index (χ3v) is 3.91. The van der Waals surface area contributed by atoms with E-state index in [4.69, 9.17) is 0 Å². The number of carbonyl (C=O) groups is 1. The van der Waals surface area contributed by atoms with Gasteiger partial charge in [0.2, 0.25) is 5.91 Å². The molecule has 1 saturated heterocycles. The lowest BCUT2D eigenvalue weighted by Gasteiger charge is -2.29. The zero-order valence-corrected chi connectivity index (χ0v) is 12.2. The van der Waals surface area contributed by atoms with Crippen LogP contribution in [0.25, 0.3) is 0 Å². The quantitative estimate of drug-likeness (QED) is 0.664. The maximum atomic E-state index is 11.9. The molecule has 1 heterocycles. The standard InChI is InChI=1S/C15H21N3O3/c1-12-6-8-17(9-7-12)11-15(19)16-10-13-4-2-3-5-14(13)18(20)21/h2-5,12H,6-11H2,1H3,(H,16,19). The zero-order valence-electron chi connectivity index (χ0n) is 12.2. The molecule has 0 bridgehead atoms. The second-order valence-electron chi connectivity index (χ2n) is 5.62. The van der Waals surface area contributed by atoms with Gasteiger partial charge in [0.1, 0.15) is 0 Å². The molecule has 6 heteroatoms. The van der Waals surface area contributed by atoms with E-state index >= 15 is 0 Å². The van der Waals surface area contributed by atoms with Crippen LogP contribution in [-0.4, -0.2) is 35.4 Å². The van der Waals surface area contributed by atoms with Crippen LogP contribution in [0, 0.1) is 16.0 Å². The van der Waals surface area contributed by atoms with Crippen molar-refractivity contribution in [3.05, 3.63) is 39.9 Å². The fraction of sp³-hybridized carbons (Fsp3) is 0.533. The molecule has 0 spiro atoms. The van der Waals surface area contributed by atoms with E-state index in [-0.39, 0.29) is 18.1 Å². The minimum Gasteiger partial charge on any atom is -0.351 e. The van der Waals surface area contributed by atoms with Gasteiger partial charge in [-0.1, -0.05) is 25.1 Å². The number of nitro groups is 1. The van der Waals surface area contributed by atoms with Gasteiger partial charge in [-0.15, -0.1) is 0 Å². The van der Waals surface area contributed by atoms with E-state index < -0.39 is 4.92 Å². The molecule has 1 aromatic carbocycles. The number of rotatable bonds is 5. The van der Waals surface area contributed by atoms with Crippen molar-refractivity contribution in [1.82, 2.24) is 10.2 Å². The maximum Gasteiger partial charge on any atom is 0.274 e. The molecule has 1 aliphatic rings. The van der Waals surface area contributed by atoms with Gasteiger partial charge in [-0.05, 0) is 31.8 Å². The van der Waals surface area contributed by atoms with Crippen LogP contribution in [0.2, 0.25) is 0 Å². The largest absolute Gasteiger partial charge is 0.351 e. The van der Waals surface area contributed by atoms with Crippen molar-refractivity contribution in [2.24, 2.45) is 5.92 Å². The molecule has 0 saturated carbocycles. The third kappa shape index (κ3) is 4.53. The van der Waals surface area contributed by atoms with E-state index in [9.17, 15) is 14.9 Å². The predicted octanol–water partition coefficient (Wildman–Crippen LogP) is 1.94. The number of benzene rings is 1. The molecule has 1 N–H and O–H groups in total. The highest BCUT2D eigenvalue weighted by molar-refractivity contribution is 5.78. The Morgan fingerprint density at radius 3 is 2.71 bits per heavy atom. The summed E-state index contributed by atoms with van der Waals surface area (Å²) in [5, 5.41) is 13.7. The molecule has 0 atom stereocenters. The highest BCUT2D eigenvalue weighted by Crippen LogP contribution is 2.17. The smallest absolute Gasteiger partial charge is 0.274 e. The summed E-state index contributed by atoms with van der Waals surface area (Å²) in [6.07, 6.45) is 2.24. The van der Waals surface area contributed by atoms with Crippen LogP contribution < -0.4 is 5.32 Å². The van der Waals surface area contributed by atoms with Gasteiger partial charge < -0.3 is 5.32 Å². The number of nitro benzene ring substituents is 1. The molecule has 0 aliphatic carbocycles. The summed E-state index contributed by atoms with van der Waals surface area (Å²) in [5.74, 6) is 0.652. The van der Waals surface area contributed by atoms with Crippen LogP contribution in [-0.2, 0) is 11.3 Å². The number of nitrogens with one attached hydrogen (secondary N) is 1. The van der Waals surface area contributed by atoms with E-state index in [0.717, 1.165) is 31.8 Å². The van der Waals surface area contributed by atoms with Gasteiger partial charge in [-0.2, -0.15) is 0 Å². The average Bonchev–Trinajstić information content (AvgIpc) is 2.48. The SMILES string of the molecule is CC1CCN(CC(=O)NCc2ccccc2[N+](=O)[O-])CC1. The molecule has 0 unspecified atom stereocenters. The molecular formula is C15H21N3O3. The van der Waals surface area contributed by atoms with Crippen molar-refractivity contribution in [3.8, 4) is 0 Å². The third-order valence-electron chi connectivity index (χ3n) is 3.91. The van der Waals surface area contributed by atoms with Crippen LogP contribution in [0.15, 0.2) is 24.3 Å². The van der Waals surface area contributed by atoms with Crippen LogP contribution >= 0.6 is 0 Å². The van der Waals surface area contributed by atoms with E-state index in [1.165, 1.54) is 6.07 Å². The van der Waals surface area contributed by atoms with Crippen LogP contribution in [0.1, 0.15) is 25.3 Å². The van der Waals surface area contributed by atoms with Crippen molar-refractivity contribution in [1.29, 1.82) is 0 Å². The summed E-state index contributed by atoms with van der Waals surface area (Å²) in [4.78, 5) is 24.5. The Kier molecular flexibility index (Phi) is 5.27. The fourth-order valence-corrected chi connectivity index (χ4v) is 2.51. The van der Waals surface area contributed by atoms with E-state index in [1.54, 1.807) is 18.2 Å². The van der Waals surface area contributed by atoms with Crippen molar-refractivity contribution >= 4 is 11.6 Å². The first-order valence-corrected chi connectivity index (χ1v) is 7.27. The lowest BCUT2D eigenvalue weighted by Crippen LogP contribution is -2.41. The van der Waals surface area contributed by atoms with Gasteiger partial charge in [0.05, 0.1) is 11.5 Å². The van der Waals surface area contributed by atoms with Gasteiger partial charge >= 0.3 is 0 Å². The molecule has 0 radical (unpaired) electrons. The number of piperidine rings is 1. The summed E-state index contributed by atoms with van der Waals surface area (Å²) in [6.45, 7) is 4.68. The highest BCUT2D eigenvalue weighted by Gasteiger charge is 2.18. The average molecular weight is 291 g/mol. The monoisotopic (exact) mass is 291 g/mol. The number of likely N-dealkylation sites (tertiary alicyclic amines) is 1. The predicted molar refractivity (Wildman–Crippen MR) is 79.8 cm³/mol. The highest BCUT2D eigenvalue weighted by atomic mass is 16.6. The van der Waals surface area contributed by atoms with Crippen molar-refractivity contribution in [3.63, 3.8) is 0 Å². The Bertz CT molecular complexity index is 511. The topological polar surface area (TPSA) is 75.5 Å². The van der Waals surface area contributed by atoms with E-state index in [0.29, 0.717) is 12.1 Å². The molecular weight excluding hydrogens is 270 g/mol. The molecule has 21 heavy (non-hydrogen) atoms. The number of para-hydroxylation sites is 1. The normalized spacial score (nSPS) is 16.6. The van der Waals surface area contributed by atoms with Crippen molar-refractivity contribution < 1.29 is 9.72 Å². The summed E-state index contributed by atoms with van der Waals surface area (Å²) >= 11 is 0. The Morgan fingerprint density at radius 2 is 2.05 bits per heavy atom. The van der Waals surface area contributed by atoms with Gasteiger partial charge in [0, 0.05) is 18.2 Å². The van der Waals surface area contributed by atoms with Gasteiger partial charge in [0.25, 0.3) is 5.69 Å². The Balaban J connectivity index is 1.83. The fourth-order valence-electron chi connectivity index (χ4n) is 2.51. The zero-order chi connectivity index (χ0) is 15.2. The summed E-state index contributed by atoms with van der Waals surface area (Å²) in [7, 11) is 0. The van der Waals surface area contributed by atoms with Gasteiger partial charge in [0.15, 0.2) is 0 Å². The number of nitrogens with zero attached hydrogens (tertiary/aromatic N) is 2. The number of hydrogen-bond acceptors (Lipinski definition) is 4. The molecule has 1 aromatic rings. The van der Waals surface area contributed by atoms with Crippen LogP contribution in [0.5, 0.6) is 0 Å². The lowest BCUT2D eigenvalue weighted by molar-refractivity contribution is -0.385. The van der Waals surface area contributed by atoms with E-state index in [1.807, 2.05) is 0 Å². The molecule has 1 amide bonds. The molecule has 1 fully saturated rings. The first kappa shape index (κ1) is 15.4. The lowest BCUT2D eigenvalue weighted by atomic mass is 9.99. The number of amides is 1. The molecule has 0 aromatic heterocycles. The van der Waals surface area contributed by atoms with Crippen LogP contribution in [0.3, 0.4) is 0 Å². The van der Waals surface area contributed by atoms with E-state index in [2.05, 4.69) is 17.1 Å². The summed E-state index contributed by atoms with van der Waals surface area (Å²) in [6, 6.07) is 6.48. The number of hydrogen-bond donors (Lipinski definition) is 1. The second-order valence-corrected chi connectivity index (χ2v) is 5.62. The van der Waals surface area contributed by atoms with Crippen molar-refractivity contribution in [2.75, 3.05) is 19.6 Å². The minimum atomic E-state index is -0.423.